The van der Waals surface area contributed by atoms with Gasteiger partial charge in [-0.2, -0.15) is 0 Å². The Morgan fingerprint density at radius 3 is 2.77 bits per heavy atom. The minimum atomic E-state index is -0.791. The number of hydrogen-bond donors (Lipinski definition) is 0. The van der Waals surface area contributed by atoms with Crippen molar-refractivity contribution in [2.24, 2.45) is 5.92 Å². The largest absolute Gasteiger partial charge is 0.334 e. The van der Waals surface area contributed by atoms with Crippen molar-refractivity contribution in [2.75, 3.05) is 19.6 Å². The number of piperidine rings is 1. The lowest BCUT2D eigenvalue weighted by atomic mass is 9.94. The van der Waals surface area contributed by atoms with Crippen LogP contribution < -0.4 is 0 Å². The fraction of sp³-hybridized carbons (Fsp3) is 0.400. The summed E-state index contributed by atoms with van der Waals surface area (Å²) in [6, 6.07) is 9.08. The number of hydrogen-bond acceptors (Lipinski definition) is 3. The third-order valence-electron chi connectivity index (χ3n) is 5.32. The summed E-state index contributed by atoms with van der Waals surface area (Å²) in [5, 5.41) is 0. The van der Waals surface area contributed by atoms with Crippen LogP contribution >= 0.6 is 0 Å². The van der Waals surface area contributed by atoms with E-state index in [2.05, 4.69) is 9.88 Å². The molecule has 0 aliphatic carbocycles. The smallest absolute Gasteiger partial charge is 0.257 e. The molecule has 2 bridgehead atoms. The molecule has 0 unspecified atom stereocenters. The van der Waals surface area contributed by atoms with E-state index in [0.717, 1.165) is 50.3 Å². The van der Waals surface area contributed by atoms with Crippen molar-refractivity contribution in [3.63, 3.8) is 0 Å². The highest BCUT2D eigenvalue weighted by molar-refractivity contribution is 5.94. The number of carbonyl (C=O) groups excluding carboxylic acids is 1. The molecule has 0 spiro atoms. The lowest BCUT2D eigenvalue weighted by molar-refractivity contribution is 0.0580. The van der Waals surface area contributed by atoms with E-state index < -0.39 is 11.6 Å². The summed E-state index contributed by atoms with van der Waals surface area (Å²) in [6.45, 7) is 3.03. The van der Waals surface area contributed by atoms with Crippen LogP contribution in [0.1, 0.15) is 28.9 Å². The molecule has 4 nitrogen and oxygen atoms in total. The summed E-state index contributed by atoms with van der Waals surface area (Å²) in [5.74, 6) is -1.43. The van der Waals surface area contributed by atoms with Crippen LogP contribution in [0.15, 0.2) is 42.6 Å². The van der Waals surface area contributed by atoms with Crippen molar-refractivity contribution in [1.82, 2.24) is 14.8 Å². The first-order valence-corrected chi connectivity index (χ1v) is 8.98. The summed E-state index contributed by atoms with van der Waals surface area (Å²) in [7, 11) is 0. The zero-order valence-electron chi connectivity index (χ0n) is 14.4. The van der Waals surface area contributed by atoms with Gasteiger partial charge in [0.25, 0.3) is 5.91 Å². The monoisotopic (exact) mass is 357 g/mol. The van der Waals surface area contributed by atoms with E-state index in [1.165, 1.54) is 6.07 Å². The number of carbonyl (C=O) groups is 1. The highest BCUT2D eigenvalue weighted by atomic mass is 19.1. The van der Waals surface area contributed by atoms with E-state index in [0.29, 0.717) is 12.5 Å². The molecule has 0 saturated carbocycles. The van der Waals surface area contributed by atoms with Gasteiger partial charge in [0, 0.05) is 44.5 Å². The molecule has 3 saturated heterocycles. The Kier molecular flexibility index (Phi) is 4.68. The topological polar surface area (TPSA) is 36.4 Å². The second-order valence-electron chi connectivity index (χ2n) is 7.19. The van der Waals surface area contributed by atoms with Crippen LogP contribution in [0, 0.1) is 17.6 Å². The Balaban J connectivity index is 1.52. The average molecular weight is 357 g/mol. The number of amides is 1. The minimum Gasteiger partial charge on any atom is -0.334 e. The lowest BCUT2D eigenvalue weighted by Gasteiger charge is -2.36. The molecule has 4 heterocycles. The zero-order valence-corrected chi connectivity index (χ0v) is 14.4. The first-order valence-electron chi connectivity index (χ1n) is 8.98. The quantitative estimate of drug-likeness (QED) is 0.847. The molecule has 3 aliphatic heterocycles. The average Bonchev–Trinajstić information content (AvgIpc) is 2.92. The maximum atomic E-state index is 14.1. The van der Waals surface area contributed by atoms with Gasteiger partial charge in [-0.3, -0.25) is 14.7 Å². The minimum absolute atomic E-state index is 0.0461. The van der Waals surface area contributed by atoms with Crippen LogP contribution in [0.4, 0.5) is 8.78 Å². The Bertz CT molecular complexity index is 799. The molecule has 1 amide bonds. The molecule has 6 heteroatoms. The van der Waals surface area contributed by atoms with Crippen molar-refractivity contribution in [1.29, 1.82) is 0 Å². The van der Waals surface area contributed by atoms with E-state index in [9.17, 15) is 13.6 Å². The van der Waals surface area contributed by atoms with Crippen LogP contribution in [0.25, 0.3) is 0 Å². The van der Waals surface area contributed by atoms with E-state index in [-0.39, 0.29) is 17.5 Å². The van der Waals surface area contributed by atoms with Gasteiger partial charge in [0.2, 0.25) is 0 Å². The standard InChI is InChI=1S/C20H21F2N3O/c21-15-5-7-18(19(22)9-15)20(26)25-11-14-4-6-17(25)13-24(10-14)12-16-3-1-2-8-23-16/h1-3,5,7-9,14,17H,4,6,10-13H2/t14-,17+/m0/s1. The summed E-state index contributed by atoms with van der Waals surface area (Å²) in [4.78, 5) is 21.4. The first kappa shape index (κ1) is 17.1. The van der Waals surface area contributed by atoms with Crippen molar-refractivity contribution < 1.29 is 13.6 Å². The van der Waals surface area contributed by atoms with Crippen molar-refractivity contribution in [2.45, 2.75) is 25.4 Å². The van der Waals surface area contributed by atoms with Crippen LogP contribution in [0.5, 0.6) is 0 Å². The van der Waals surface area contributed by atoms with E-state index in [4.69, 9.17) is 0 Å². The second-order valence-corrected chi connectivity index (χ2v) is 7.19. The summed E-state index contributed by atoms with van der Waals surface area (Å²) in [5.41, 5.74) is 0.964. The predicted octanol–water partition coefficient (Wildman–Crippen LogP) is 3.10. The van der Waals surface area contributed by atoms with Gasteiger partial charge in [-0.05, 0) is 43.0 Å². The molecular formula is C20H21F2N3O. The fourth-order valence-electron chi connectivity index (χ4n) is 4.10. The number of halogens is 2. The van der Waals surface area contributed by atoms with Crippen LogP contribution in [-0.4, -0.2) is 46.4 Å². The molecular weight excluding hydrogens is 336 g/mol. The Morgan fingerprint density at radius 2 is 2.00 bits per heavy atom. The maximum absolute atomic E-state index is 14.1. The molecule has 3 aliphatic rings. The molecule has 2 aromatic rings. The Hall–Kier alpha value is -2.34. The molecule has 0 radical (unpaired) electrons. The number of pyridine rings is 1. The zero-order chi connectivity index (χ0) is 18.1. The van der Waals surface area contributed by atoms with Gasteiger partial charge < -0.3 is 4.90 Å². The third-order valence-corrected chi connectivity index (χ3v) is 5.32. The molecule has 136 valence electrons. The van der Waals surface area contributed by atoms with Crippen molar-refractivity contribution in [3.8, 4) is 0 Å². The predicted molar refractivity (Wildman–Crippen MR) is 93.4 cm³/mol. The molecule has 5 rings (SSSR count). The summed E-state index contributed by atoms with van der Waals surface area (Å²) in [6.07, 6.45) is 3.77. The van der Waals surface area contributed by atoms with Gasteiger partial charge in [0.15, 0.2) is 0 Å². The summed E-state index contributed by atoms with van der Waals surface area (Å²) >= 11 is 0. The van der Waals surface area contributed by atoms with Crippen LogP contribution in [0.2, 0.25) is 0 Å². The van der Waals surface area contributed by atoms with Gasteiger partial charge in [-0.1, -0.05) is 6.07 Å². The molecule has 1 aromatic carbocycles. The normalized spacial score (nSPS) is 23.1. The fourth-order valence-corrected chi connectivity index (χ4v) is 4.10. The van der Waals surface area contributed by atoms with Gasteiger partial charge in [0.05, 0.1) is 11.3 Å². The van der Waals surface area contributed by atoms with Gasteiger partial charge in [0.1, 0.15) is 11.6 Å². The van der Waals surface area contributed by atoms with Gasteiger partial charge in [-0.25, -0.2) is 8.78 Å². The Labute approximate surface area is 151 Å². The van der Waals surface area contributed by atoms with Gasteiger partial charge in [-0.15, -0.1) is 0 Å². The summed E-state index contributed by atoms with van der Waals surface area (Å²) < 4.78 is 27.2. The molecule has 3 fully saturated rings. The molecule has 1 aromatic heterocycles. The SMILES string of the molecule is O=C(c1ccc(F)cc1F)N1C[C@H]2CC[C@@H]1CN(Cc1ccccn1)C2. The molecule has 0 N–H and O–H groups in total. The molecule has 26 heavy (non-hydrogen) atoms. The molecule has 2 atom stereocenters. The highest BCUT2D eigenvalue weighted by Gasteiger charge is 2.38. The van der Waals surface area contributed by atoms with Crippen molar-refractivity contribution >= 4 is 5.91 Å². The highest BCUT2D eigenvalue weighted by Crippen LogP contribution is 2.30. The maximum Gasteiger partial charge on any atom is 0.257 e. The van der Waals surface area contributed by atoms with Crippen molar-refractivity contribution in [3.05, 3.63) is 65.5 Å². The Morgan fingerprint density at radius 1 is 1.12 bits per heavy atom. The van der Waals surface area contributed by atoms with Crippen LogP contribution in [0.3, 0.4) is 0 Å². The van der Waals surface area contributed by atoms with Crippen LogP contribution in [-0.2, 0) is 6.54 Å². The second kappa shape index (κ2) is 7.11. The van der Waals surface area contributed by atoms with E-state index in [1.54, 1.807) is 11.1 Å². The third kappa shape index (κ3) is 3.46. The number of fused-ring (bicyclic) bond motifs is 4. The van der Waals surface area contributed by atoms with E-state index in [1.807, 2.05) is 18.2 Å². The lowest BCUT2D eigenvalue weighted by Crippen LogP contribution is -2.47. The van der Waals surface area contributed by atoms with Gasteiger partial charge >= 0.3 is 0 Å². The van der Waals surface area contributed by atoms with E-state index >= 15 is 0 Å². The first-order chi connectivity index (χ1) is 12.6. The number of nitrogens with zero attached hydrogens (tertiary/aromatic N) is 3. The number of benzene rings is 1. The number of aromatic nitrogens is 1. The number of rotatable bonds is 3.